The Hall–Kier alpha value is -2.65. The number of nitrogens with zero attached hydrogens (tertiary/aromatic N) is 5. The minimum Gasteiger partial charge on any atom is -0.508 e. The molecule has 9 heteroatoms. The van der Waals surface area contributed by atoms with E-state index in [1.807, 2.05) is 24.4 Å². The smallest absolute Gasteiger partial charge is 0.236 e. The van der Waals surface area contributed by atoms with Crippen molar-refractivity contribution in [1.82, 2.24) is 25.2 Å². The second kappa shape index (κ2) is 6.69. The Bertz CT molecular complexity index is 977. The first-order valence-corrected chi connectivity index (χ1v) is 9.28. The van der Waals surface area contributed by atoms with Gasteiger partial charge >= 0.3 is 0 Å². The highest BCUT2D eigenvalue weighted by atomic mass is 32.2. The van der Waals surface area contributed by atoms with Crippen molar-refractivity contribution < 1.29 is 9.52 Å². The Morgan fingerprint density at radius 1 is 1.24 bits per heavy atom. The van der Waals surface area contributed by atoms with Crippen molar-refractivity contribution in [3.8, 4) is 22.2 Å². The van der Waals surface area contributed by atoms with Gasteiger partial charge in [-0.25, -0.2) is 4.98 Å². The Morgan fingerprint density at radius 3 is 2.84 bits per heavy atom. The molecule has 3 heterocycles. The summed E-state index contributed by atoms with van der Waals surface area (Å²) in [6.07, 6.45) is 0. The summed E-state index contributed by atoms with van der Waals surface area (Å²) in [6, 6.07) is 10.7. The number of tetrazole rings is 1. The Balaban J connectivity index is 1.53. The van der Waals surface area contributed by atoms with Gasteiger partial charge in [-0.15, -0.1) is 16.4 Å². The lowest BCUT2D eigenvalue weighted by Gasteiger charge is -2.03. The molecule has 0 bridgehead atoms. The van der Waals surface area contributed by atoms with E-state index in [-0.39, 0.29) is 5.75 Å². The molecular formula is C16H13N5O2S2. The maximum Gasteiger partial charge on any atom is 0.236 e. The van der Waals surface area contributed by atoms with Crippen molar-refractivity contribution in [2.75, 3.05) is 0 Å². The fourth-order valence-electron chi connectivity index (χ4n) is 2.23. The van der Waals surface area contributed by atoms with Crippen LogP contribution >= 0.6 is 23.1 Å². The van der Waals surface area contributed by atoms with Crippen molar-refractivity contribution >= 4 is 23.1 Å². The first-order chi connectivity index (χ1) is 12.2. The SMILES string of the molecule is Cc1oc(-c2cccs2)nc1CSc1nnnn1-c1ccc(O)cc1. The van der Waals surface area contributed by atoms with E-state index >= 15 is 0 Å². The van der Waals surface area contributed by atoms with E-state index in [0.29, 0.717) is 16.8 Å². The molecule has 0 atom stereocenters. The normalized spacial score (nSPS) is 11.1. The van der Waals surface area contributed by atoms with Crippen LogP contribution in [0.4, 0.5) is 0 Å². The number of oxazole rings is 1. The minimum absolute atomic E-state index is 0.199. The summed E-state index contributed by atoms with van der Waals surface area (Å²) in [5.74, 6) is 2.23. The molecule has 4 rings (SSSR count). The molecule has 25 heavy (non-hydrogen) atoms. The zero-order valence-electron chi connectivity index (χ0n) is 13.2. The third-order valence-electron chi connectivity index (χ3n) is 3.50. The second-order valence-electron chi connectivity index (χ2n) is 5.18. The molecule has 3 aromatic heterocycles. The number of aryl methyl sites for hydroxylation is 1. The average molecular weight is 371 g/mol. The van der Waals surface area contributed by atoms with E-state index in [9.17, 15) is 5.11 Å². The number of rotatable bonds is 5. The van der Waals surface area contributed by atoms with E-state index in [2.05, 4.69) is 20.5 Å². The molecule has 126 valence electrons. The predicted octanol–water partition coefficient (Wildman–Crippen LogP) is 3.69. The second-order valence-corrected chi connectivity index (χ2v) is 7.07. The number of aromatic nitrogens is 5. The van der Waals surface area contributed by atoms with E-state index in [4.69, 9.17) is 4.42 Å². The van der Waals surface area contributed by atoms with Crippen LogP contribution in [0.3, 0.4) is 0 Å². The summed E-state index contributed by atoms with van der Waals surface area (Å²) < 4.78 is 7.38. The highest BCUT2D eigenvalue weighted by Gasteiger charge is 2.15. The molecule has 0 saturated carbocycles. The first kappa shape index (κ1) is 15.9. The van der Waals surface area contributed by atoms with Gasteiger partial charge in [0.05, 0.1) is 16.3 Å². The molecule has 0 aliphatic carbocycles. The van der Waals surface area contributed by atoms with Gasteiger partial charge in [-0.3, -0.25) is 0 Å². The molecule has 0 radical (unpaired) electrons. The topological polar surface area (TPSA) is 89.9 Å². The molecule has 1 aromatic carbocycles. The quantitative estimate of drug-likeness (QED) is 0.535. The number of phenols is 1. The van der Waals surface area contributed by atoms with Gasteiger partial charge in [0, 0.05) is 5.75 Å². The Kier molecular flexibility index (Phi) is 4.24. The minimum atomic E-state index is 0.199. The number of phenolic OH excluding ortho intramolecular Hbond substituents is 1. The van der Waals surface area contributed by atoms with Crippen LogP contribution in [0.15, 0.2) is 51.4 Å². The van der Waals surface area contributed by atoms with Gasteiger partial charge in [0.15, 0.2) is 0 Å². The lowest BCUT2D eigenvalue weighted by Crippen LogP contribution is -1.99. The highest BCUT2D eigenvalue weighted by Crippen LogP contribution is 2.29. The number of thioether (sulfide) groups is 1. The Morgan fingerprint density at radius 2 is 2.08 bits per heavy atom. The third kappa shape index (κ3) is 3.28. The lowest BCUT2D eigenvalue weighted by atomic mass is 10.3. The molecule has 4 aromatic rings. The van der Waals surface area contributed by atoms with Gasteiger partial charge in [0.2, 0.25) is 11.0 Å². The summed E-state index contributed by atoms with van der Waals surface area (Å²) in [6.45, 7) is 1.91. The van der Waals surface area contributed by atoms with Gasteiger partial charge in [-0.2, -0.15) is 4.68 Å². The van der Waals surface area contributed by atoms with Crippen LogP contribution < -0.4 is 0 Å². The maximum atomic E-state index is 9.40. The van der Waals surface area contributed by atoms with E-state index in [0.717, 1.165) is 22.0 Å². The van der Waals surface area contributed by atoms with Crippen LogP contribution in [0.1, 0.15) is 11.5 Å². The van der Waals surface area contributed by atoms with E-state index < -0.39 is 0 Å². The third-order valence-corrected chi connectivity index (χ3v) is 5.29. The number of aromatic hydroxyl groups is 1. The number of benzene rings is 1. The van der Waals surface area contributed by atoms with Crippen LogP contribution in [-0.2, 0) is 5.75 Å². The first-order valence-electron chi connectivity index (χ1n) is 7.41. The van der Waals surface area contributed by atoms with Gasteiger partial charge in [0.25, 0.3) is 0 Å². The van der Waals surface area contributed by atoms with Gasteiger partial charge in [-0.1, -0.05) is 17.8 Å². The number of hydrogen-bond acceptors (Lipinski definition) is 8. The monoisotopic (exact) mass is 371 g/mol. The largest absolute Gasteiger partial charge is 0.508 e. The summed E-state index contributed by atoms with van der Waals surface area (Å²) >= 11 is 3.07. The van der Waals surface area contributed by atoms with Crippen molar-refractivity contribution in [1.29, 1.82) is 0 Å². The lowest BCUT2D eigenvalue weighted by molar-refractivity contribution is 0.475. The van der Waals surface area contributed by atoms with Crippen molar-refractivity contribution in [2.45, 2.75) is 17.8 Å². The molecule has 7 nitrogen and oxygen atoms in total. The highest BCUT2D eigenvalue weighted by molar-refractivity contribution is 7.98. The molecule has 0 unspecified atom stereocenters. The molecular weight excluding hydrogens is 358 g/mol. The summed E-state index contributed by atoms with van der Waals surface area (Å²) in [7, 11) is 0. The van der Waals surface area contributed by atoms with Crippen molar-refractivity contribution in [2.24, 2.45) is 0 Å². The molecule has 1 N–H and O–H groups in total. The summed E-state index contributed by atoms with van der Waals surface area (Å²) in [5.41, 5.74) is 1.65. The number of hydrogen-bond donors (Lipinski definition) is 1. The molecule has 0 aliphatic heterocycles. The van der Waals surface area contributed by atoms with Crippen LogP contribution in [0, 0.1) is 6.92 Å². The zero-order valence-corrected chi connectivity index (χ0v) is 14.8. The number of thiophene rings is 1. The average Bonchev–Trinajstić information content (AvgIpc) is 3.34. The standard InChI is InChI=1S/C16H13N5O2S2/c1-10-13(17-15(23-10)14-3-2-8-24-14)9-25-16-18-19-20-21(16)11-4-6-12(22)7-5-11/h2-8,22H,9H2,1H3. The summed E-state index contributed by atoms with van der Waals surface area (Å²) in [5, 5.41) is 23.9. The van der Waals surface area contributed by atoms with E-state index in [1.165, 1.54) is 11.8 Å². The van der Waals surface area contributed by atoms with Crippen molar-refractivity contribution in [3.05, 3.63) is 53.2 Å². The molecule has 0 spiro atoms. The Labute approximate surface area is 151 Å². The molecule has 0 amide bonds. The molecule has 0 saturated heterocycles. The van der Waals surface area contributed by atoms with Crippen LogP contribution in [0.5, 0.6) is 5.75 Å². The van der Waals surface area contributed by atoms with Crippen LogP contribution in [0.25, 0.3) is 16.5 Å². The molecule has 0 fully saturated rings. The fraction of sp³-hybridized carbons (Fsp3) is 0.125. The van der Waals surface area contributed by atoms with Gasteiger partial charge < -0.3 is 9.52 Å². The van der Waals surface area contributed by atoms with Crippen LogP contribution in [-0.4, -0.2) is 30.3 Å². The maximum absolute atomic E-state index is 9.40. The van der Waals surface area contributed by atoms with Crippen LogP contribution in [0.2, 0.25) is 0 Å². The molecule has 0 aliphatic rings. The fourth-order valence-corrected chi connectivity index (χ4v) is 3.77. The summed E-state index contributed by atoms with van der Waals surface area (Å²) in [4.78, 5) is 5.59. The van der Waals surface area contributed by atoms with E-state index in [1.54, 1.807) is 40.3 Å². The zero-order chi connectivity index (χ0) is 17.2. The van der Waals surface area contributed by atoms with Gasteiger partial charge in [0.1, 0.15) is 11.5 Å². The predicted molar refractivity (Wildman–Crippen MR) is 94.9 cm³/mol. The van der Waals surface area contributed by atoms with Crippen molar-refractivity contribution in [3.63, 3.8) is 0 Å². The van der Waals surface area contributed by atoms with Gasteiger partial charge in [-0.05, 0) is 53.1 Å².